The highest BCUT2D eigenvalue weighted by Crippen LogP contribution is 2.38. The Hall–Kier alpha value is -1.10. The molecule has 2 N–H and O–H groups in total. The summed E-state index contributed by atoms with van der Waals surface area (Å²) in [4.78, 5) is 23.0. The van der Waals surface area contributed by atoms with Crippen LogP contribution in [0, 0.1) is 11.8 Å². The van der Waals surface area contributed by atoms with Crippen molar-refractivity contribution in [1.82, 2.24) is 10.6 Å². The minimum Gasteiger partial charge on any atom is -0.383 e. The Morgan fingerprint density at radius 3 is 2.25 bits per heavy atom. The third-order valence-corrected chi connectivity index (χ3v) is 2.62. The minimum atomic E-state index is -0.131. The molecule has 1 aliphatic rings. The van der Waals surface area contributed by atoms with Crippen molar-refractivity contribution < 1.29 is 14.3 Å². The maximum absolute atomic E-state index is 11.5. The van der Waals surface area contributed by atoms with E-state index in [1.54, 1.807) is 7.11 Å². The predicted octanol–water partition coefficient (Wildman–Crippen LogP) is -0.0887. The lowest BCUT2D eigenvalue weighted by molar-refractivity contribution is -0.127. The van der Waals surface area contributed by atoms with Gasteiger partial charge in [-0.1, -0.05) is 6.92 Å². The molecule has 0 aromatic carbocycles. The molecule has 1 aliphatic carbocycles. The van der Waals surface area contributed by atoms with E-state index in [1.807, 2.05) is 6.92 Å². The standard InChI is InChI=1S/C11H20N2O3/c1-3-4-12-10(14)8-7-9(8)11(15)13-5-6-16-2/h8-9H,3-7H2,1-2H3,(H,12,14)(H,13,15). The Morgan fingerprint density at radius 1 is 1.19 bits per heavy atom. The Kier molecular flexibility index (Phi) is 5.25. The van der Waals surface area contributed by atoms with E-state index >= 15 is 0 Å². The van der Waals surface area contributed by atoms with Gasteiger partial charge in [0.15, 0.2) is 0 Å². The van der Waals surface area contributed by atoms with Crippen molar-refractivity contribution in [1.29, 1.82) is 0 Å². The van der Waals surface area contributed by atoms with Gasteiger partial charge in [0, 0.05) is 20.2 Å². The molecule has 1 saturated carbocycles. The van der Waals surface area contributed by atoms with Crippen LogP contribution in [-0.4, -0.2) is 38.6 Å². The lowest BCUT2D eigenvalue weighted by Gasteiger charge is -2.04. The van der Waals surface area contributed by atoms with Crippen molar-refractivity contribution in [2.24, 2.45) is 11.8 Å². The van der Waals surface area contributed by atoms with E-state index in [2.05, 4.69) is 10.6 Å². The number of carbonyl (C=O) groups excluding carboxylic acids is 2. The van der Waals surface area contributed by atoms with Crippen LogP contribution in [0.3, 0.4) is 0 Å². The van der Waals surface area contributed by atoms with Crippen LogP contribution >= 0.6 is 0 Å². The molecule has 2 atom stereocenters. The van der Waals surface area contributed by atoms with Gasteiger partial charge < -0.3 is 15.4 Å². The first-order valence-corrected chi connectivity index (χ1v) is 5.75. The van der Waals surface area contributed by atoms with Crippen LogP contribution in [0.15, 0.2) is 0 Å². The van der Waals surface area contributed by atoms with E-state index in [-0.39, 0.29) is 23.7 Å². The summed E-state index contributed by atoms with van der Waals surface area (Å²) in [5.41, 5.74) is 0. The first kappa shape index (κ1) is 13.0. The lowest BCUT2D eigenvalue weighted by atomic mass is 10.3. The normalized spacial score (nSPS) is 22.6. The molecule has 5 heteroatoms. The van der Waals surface area contributed by atoms with Crippen molar-refractivity contribution >= 4 is 11.8 Å². The van der Waals surface area contributed by atoms with Crippen LogP contribution in [0.25, 0.3) is 0 Å². The molecule has 0 saturated heterocycles. The zero-order chi connectivity index (χ0) is 12.0. The molecule has 2 amide bonds. The fourth-order valence-corrected chi connectivity index (χ4v) is 1.56. The summed E-state index contributed by atoms with van der Waals surface area (Å²) in [6, 6.07) is 0. The van der Waals surface area contributed by atoms with Gasteiger partial charge in [0.2, 0.25) is 11.8 Å². The number of carbonyl (C=O) groups is 2. The molecule has 0 aromatic rings. The monoisotopic (exact) mass is 228 g/mol. The Bertz CT molecular complexity index is 256. The maximum atomic E-state index is 11.5. The van der Waals surface area contributed by atoms with Crippen molar-refractivity contribution in [3.63, 3.8) is 0 Å². The molecule has 0 aromatic heterocycles. The van der Waals surface area contributed by atoms with Gasteiger partial charge in [0.05, 0.1) is 18.4 Å². The number of ether oxygens (including phenoxy) is 1. The van der Waals surface area contributed by atoms with Gasteiger partial charge in [-0.15, -0.1) is 0 Å². The number of hydrogen-bond acceptors (Lipinski definition) is 3. The zero-order valence-corrected chi connectivity index (χ0v) is 9.91. The third-order valence-electron chi connectivity index (χ3n) is 2.62. The van der Waals surface area contributed by atoms with E-state index in [0.717, 1.165) is 6.42 Å². The van der Waals surface area contributed by atoms with Gasteiger partial charge in [-0.05, 0) is 12.8 Å². The van der Waals surface area contributed by atoms with Crippen molar-refractivity contribution in [3.05, 3.63) is 0 Å². The third kappa shape index (κ3) is 3.81. The summed E-state index contributed by atoms with van der Waals surface area (Å²) in [7, 11) is 1.59. The lowest BCUT2D eigenvalue weighted by Crippen LogP contribution is -2.32. The van der Waals surface area contributed by atoms with Crippen LogP contribution in [0.1, 0.15) is 19.8 Å². The average Bonchev–Trinajstić information content (AvgIpc) is 3.06. The molecule has 16 heavy (non-hydrogen) atoms. The maximum Gasteiger partial charge on any atom is 0.224 e. The second-order valence-electron chi connectivity index (χ2n) is 4.02. The first-order valence-electron chi connectivity index (χ1n) is 5.75. The van der Waals surface area contributed by atoms with Crippen LogP contribution in [0.2, 0.25) is 0 Å². The van der Waals surface area contributed by atoms with E-state index in [9.17, 15) is 9.59 Å². The fourth-order valence-electron chi connectivity index (χ4n) is 1.56. The van der Waals surface area contributed by atoms with E-state index in [1.165, 1.54) is 0 Å². The van der Waals surface area contributed by atoms with Crippen molar-refractivity contribution in [2.75, 3.05) is 26.8 Å². The summed E-state index contributed by atoms with van der Waals surface area (Å²) < 4.78 is 4.83. The Balaban J connectivity index is 2.17. The summed E-state index contributed by atoms with van der Waals surface area (Å²) in [6.45, 7) is 3.70. The Morgan fingerprint density at radius 2 is 1.75 bits per heavy atom. The van der Waals surface area contributed by atoms with Gasteiger partial charge in [0.25, 0.3) is 0 Å². The zero-order valence-electron chi connectivity index (χ0n) is 9.91. The molecule has 92 valence electrons. The van der Waals surface area contributed by atoms with Crippen LogP contribution in [0.4, 0.5) is 0 Å². The number of rotatable bonds is 7. The molecule has 0 aliphatic heterocycles. The molecule has 1 fully saturated rings. The average molecular weight is 228 g/mol. The molecule has 0 heterocycles. The van der Waals surface area contributed by atoms with Gasteiger partial charge in [-0.3, -0.25) is 9.59 Å². The van der Waals surface area contributed by atoms with E-state index in [4.69, 9.17) is 4.74 Å². The quantitative estimate of drug-likeness (QED) is 0.598. The molecular weight excluding hydrogens is 208 g/mol. The summed E-state index contributed by atoms with van der Waals surface area (Å²) >= 11 is 0. The number of hydrogen-bond donors (Lipinski definition) is 2. The van der Waals surface area contributed by atoms with Crippen LogP contribution < -0.4 is 10.6 Å². The highest BCUT2D eigenvalue weighted by Gasteiger charge is 2.47. The van der Waals surface area contributed by atoms with Gasteiger partial charge in [-0.25, -0.2) is 0 Å². The van der Waals surface area contributed by atoms with Crippen molar-refractivity contribution in [2.45, 2.75) is 19.8 Å². The molecule has 0 radical (unpaired) electrons. The van der Waals surface area contributed by atoms with Gasteiger partial charge in [0.1, 0.15) is 0 Å². The molecule has 5 nitrogen and oxygen atoms in total. The topological polar surface area (TPSA) is 67.4 Å². The van der Waals surface area contributed by atoms with Gasteiger partial charge in [-0.2, -0.15) is 0 Å². The minimum absolute atomic E-state index is 0.00809. The highest BCUT2D eigenvalue weighted by molar-refractivity contribution is 5.92. The Labute approximate surface area is 95.9 Å². The number of nitrogens with one attached hydrogen (secondary N) is 2. The largest absolute Gasteiger partial charge is 0.383 e. The predicted molar refractivity (Wildman–Crippen MR) is 59.8 cm³/mol. The van der Waals surface area contributed by atoms with E-state index in [0.29, 0.717) is 26.1 Å². The van der Waals surface area contributed by atoms with Crippen LogP contribution in [0.5, 0.6) is 0 Å². The molecular formula is C11H20N2O3. The smallest absolute Gasteiger partial charge is 0.224 e. The second kappa shape index (κ2) is 6.48. The molecule has 0 bridgehead atoms. The molecule has 1 rings (SSSR count). The molecule has 2 unspecified atom stereocenters. The summed E-state index contributed by atoms with van der Waals surface area (Å²) in [5, 5.41) is 5.55. The van der Waals surface area contributed by atoms with Gasteiger partial charge >= 0.3 is 0 Å². The van der Waals surface area contributed by atoms with Crippen molar-refractivity contribution in [3.8, 4) is 0 Å². The fraction of sp³-hybridized carbons (Fsp3) is 0.818. The summed E-state index contributed by atoms with van der Waals surface area (Å²) in [6.07, 6.45) is 1.59. The number of methoxy groups -OCH3 is 1. The highest BCUT2D eigenvalue weighted by atomic mass is 16.5. The molecule has 0 spiro atoms. The first-order chi connectivity index (χ1) is 7.70. The summed E-state index contributed by atoms with van der Waals surface area (Å²) in [5.74, 6) is -0.273. The van der Waals surface area contributed by atoms with E-state index < -0.39 is 0 Å². The number of amides is 2. The SMILES string of the molecule is CCCNC(=O)C1CC1C(=O)NCCOC. The van der Waals surface area contributed by atoms with Crippen LogP contribution in [-0.2, 0) is 14.3 Å². The second-order valence-corrected chi connectivity index (χ2v) is 4.02.